The summed E-state index contributed by atoms with van der Waals surface area (Å²) in [5.41, 5.74) is -0.333. The predicted octanol–water partition coefficient (Wildman–Crippen LogP) is 3.64. The average Bonchev–Trinajstić information content (AvgIpc) is 2.54. The summed E-state index contributed by atoms with van der Waals surface area (Å²) in [4.78, 5) is 12.2. The van der Waals surface area contributed by atoms with Crippen LogP contribution in [0.4, 0.5) is 27.6 Å². The number of benzene rings is 2. The van der Waals surface area contributed by atoms with Gasteiger partial charge in [0.2, 0.25) is 0 Å². The Kier molecular flexibility index (Phi) is 5.97. The first-order valence-corrected chi connectivity index (χ1v) is 7.86. The van der Waals surface area contributed by atoms with Crippen LogP contribution in [-0.4, -0.2) is 11.9 Å². The number of nitrogens with two attached hydrogens (primary N) is 1. The van der Waals surface area contributed by atoms with Gasteiger partial charge in [0.15, 0.2) is 6.04 Å². The number of rotatable bonds is 5. The van der Waals surface area contributed by atoms with Crippen LogP contribution < -0.4 is 10.6 Å². The van der Waals surface area contributed by atoms with Crippen LogP contribution in [0.1, 0.15) is 31.0 Å². The molecule has 3 nitrogen and oxygen atoms in total. The highest BCUT2D eigenvalue weighted by Gasteiger charge is 2.30. The van der Waals surface area contributed by atoms with E-state index in [4.69, 9.17) is 0 Å². The summed E-state index contributed by atoms with van der Waals surface area (Å²) in [6.07, 6.45) is -4.45. The van der Waals surface area contributed by atoms with Crippen molar-refractivity contribution in [1.29, 1.82) is 0 Å². The van der Waals surface area contributed by atoms with Crippen LogP contribution in [0.15, 0.2) is 42.5 Å². The van der Waals surface area contributed by atoms with Crippen molar-refractivity contribution in [2.24, 2.45) is 0 Å². The summed E-state index contributed by atoms with van der Waals surface area (Å²) in [6, 6.07) is 6.20. The fraction of sp³-hybridized carbons (Fsp3) is 0.278. The number of quaternary nitrogens is 1. The molecule has 0 radical (unpaired) electrons. The van der Waals surface area contributed by atoms with Crippen LogP contribution >= 0.6 is 0 Å². The number of nitrogens with one attached hydrogen (secondary N) is 1. The average molecular weight is 373 g/mol. The lowest BCUT2D eigenvalue weighted by Crippen LogP contribution is -2.91. The van der Waals surface area contributed by atoms with E-state index in [-0.39, 0.29) is 11.3 Å². The van der Waals surface area contributed by atoms with Gasteiger partial charge in [-0.15, -0.1) is 0 Å². The van der Waals surface area contributed by atoms with E-state index in [9.17, 15) is 26.7 Å². The van der Waals surface area contributed by atoms with Gasteiger partial charge in [0.25, 0.3) is 5.91 Å². The zero-order chi connectivity index (χ0) is 19.5. The predicted molar refractivity (Wildman–Crippen MR) is 86.2 cm³/mol. The van der Waals surface area contributed by atoms with E-state index < -0.39 is 41.4 Å². The summed E-state index contributed by atoms with van der Waals surface area (Å²) in [7, 11) is 0. The molecule has 1 amide bonds. The third kappa shape index (κ3) is 5.01. The lowest BCUT2D eigenvalue weighted by molar-refractivity contribution is -0.710. The van der Waals surface area contributed by atoms with Crippen LogP contribution in [0.5, 0.6) is 0 Å². The number of hydrogen-bond acceptors (Lipinski definition) is 1. The molecule has 3 N–H and O–H groups in total. The third-order valence-electron chi connectivity index (χ3n) is 3.92. The molecule has 2 aromatic rings. The molecule has 2 rings (SSSR count). The fourth-order valence-electron chi connectivity index (χ4n) is 2.49. The van der Waals surface area contributed by atoms with Crippen molar-refractivity contribution in [2.45, 2.75) is 32.1 Å². The molecule has 0 unspecified atom stereocenters. The van der Waals surface area contributed by atoms with Gasteiger partial charge in [-0.3, -0.25) is 4.79 Å². The number of anilines is 1. The molecule has 0 bridgehead atoms. The Morgan fingerprint density at radius 2 is 1.65 bits per heavy atom. The van der Waals surface area contributed by atoms with Crippen molar-refractivity contribution in [1.82, 2.24) is 0 Å². The van der Waals surface area contributed by atoms with Crippen molar-refractivity contribution >= 4 is 11.6 Å². The molecule has 0 aliphatic heterocycles. The summed E-state index contributed by atoms with van der Waals surface area (Å²) in [5.74, 6) is -1.84. The molecule has 0 aliphatic carbocycles. The second kappa shape index (κ2) is 7.82. The maximum atomic E-state index is 13.8. The highest BCUT2D eigenvalue weighted by molar-refractivity contribution is 5.93. The lowest BCUT2D eigenvalue weighted by atomic mass is 10.1. The molecule has 140 valence electrons. The Morgan fingerprint density at radius 3 is 2.19 bits per heavy atom. The molecule has 0 spiro atoms. The Balaban J connectivity index is 1.98. The number of alkyl halides is 3. The van der Waals surface area contributed by atoms with E-state index in [1.54, 1.807) is 19.2 Å². The number of carbonyl (C=O) groups excluding carboxylic acids is 1. The highest BCUT2D eigenvalue weighted by Crippen LogP contribution is 2.29. The van der Waals surface area contributed by atoms with E-state index in [1.165, 1.54) is 6.07 Å². The van der Waals surface area contributed by atoms with Crippen LogP contribution in [0.25, 0.3) is 0 Å². The van der Waals surface area contributed by atoms with Crippen molar-refractivity contribution in [3.63, 3.8) is 0 Å². The molecule has 0 saturated heterocycles. The first-order chi connectivity index (χ1) is 12.1. The molecule has 0 fully saturated rings. The molecular formula is C18H18F5N2O+. The number of hydrogen-bond donors (Lipinski definition) is 2. The van der Waals surface area contributed by atoms with Crippen LogP contribution in [-0.2, 0) is 11.0 Å². The van der Waals surface area contributed by atoms with E-state index in [0.717, 1.165) is 36.4 Å². The maximum absolute atomic E-state index is 13.8. The third-order valence-corrected chi connectivity index (χ3v) is 3.92. The molecule has 0 aliphatic rings. The Bertz CT molecular complexity index is 774. The van der Waals surface area contributed by atoms with Crippen molar-refractivity contribution in [3.05, 3.63) is 65.2 Å². The van der Waals surface area contributed by atoms with E-state index in [1.807, 2.05) is 0 Å². The SMILES string of the molecule is C[C@H]([NH2+][C@H](C)C(=O)Nc1ccc(C(F)(F)F)cc1)c1ccc(F)cc1F. The van der Waals surface area contributed by atoms with Crippen molar-refractivity contribution in [2.75, 3.05) is 5.32 Å². The lowest BCUT2D eigenvalue weighted by Gasteiger charge is -2.17. The van der Waals surface area contributed by atoms with Gasteiger partial charge in [-0.1, -0.05) is 0 Å². The Morgan fingerprint density at radius 1 is 1.04 bits per heavy atom. The van der Waals surface area contributed by atoms with E-state index in [2.05, 4.69) is 5.32 Å². The van der Waals surface area contributed by atoms with Gasteiger partial charge in [0, 0.05) is 17.3 Å². The fourth-order valence-corrected chi connectivity index (χ4v) is 2.49. The molecule has 0 saturated carbocycles. The second-order valence-electron chi connectivity index (χ2n) is 6.00. The molecule has 0 heterocycles. The summed E-state index contributed by atoms with van der Waals surface area (Å²) < 4.78 is 64.3. The highest BCUT2D eigenvalue weighted by atomic mass is 19.4. The molecule has 0 aromatic heterocycles. The molecular weight excluding hydrogens is 355 g/mol. The van der Waals surface area contributed by atoms with Crippen molar-refractivity contribution < 1.29 is 32.1 Å². The minimum Gasteiger partial charge on any atom is -0.330 e. The Labute approximate surface area is 147 Å². The maximum Gasteiger partial charge on any atom is 0.416 e. The van der Waals surface area contributed by atoms with Gasteiger partial charge in [-0.2, -0.15) is 13.2 Å². The van der Waals surface area contributed by atoms with Gasteiger partial charge in [-0.05, 0) is 50.2 Å². The summed E-state index contributed by atoms with van der Waals surface area (Å²) >= 11 is 0. The minimum absolute atomic E-state index is 0.226. The van der Waals surface area contributed by atoms with Crippen LogP contribution in [0, 0.1) is 11.6 Å². The van der Waals surface area contributed by atoms with Gasteiger partial charge in [0.1, 0.15) is 17.7 Å². The zero-order valence-corrected chi connectivity index (χ0v) is 14.1. The number of halogens is 5. The topological polar surface area (TPSA) is 45.7 Å². The van der Waals surface area contributed by atoms with Gasteiger partial charge in [0.05, 0.1) is 5.56 Å². The first-order valence-electron chi connectivity index (χ1n) is 7.86. The van der Waals surface area contributed by atoms with Crippen LogP contribution in [0.2, 0.25) is 0 Å². The summed E-state index contributed by atoms with van der Waals surface area (Å²) in [6.45, 7) is 3.25. The quantitative estimate of drug-likeness (QED) is 0.773. The number of carbonyl (C=O) groups is 1. The number of amides is 1. The van der Waals surface area contributed by atoms with Gasteiger partial charge in [-0.25, -0.2) is 8.78 Å². The van der Waals surface area contributed by atoms with E-state index in [0.29, 0.717) is 0 Å². The molecule has 8 heteroatoms. The standard InChI is InChI=1S/C18H17F5N2O/c1-10(15-8-5-13(19)9-16(15)20)24-11(2)17(26)25-14-6-3-12(4-7-14)18(21,22)23/h3-11,24H,1-2H3,(H,25,26)/p+1/t10-,11+/m0/s1. The zero-order valence-electron chi connectivity index (χ0n) is 14.1. The largest absolute Gasteiger partial charge is 0.416 e. The normalized spacial score (nSPS) is 14.0. The monoisotopic (exact) mass is 373 g/mol. The first kappa shape index (κ1) is 19.8. The minimum atomic E-state index is -4.45. The van der Waals surface area contributed by atoms with Gasteiger partial charge < -0.3 is 10.6 Å². The molecule has 26 heavy (non-hydrogen) atoms. The van der Waals surface area contributed by atoms with Gasteiger partial charge >= 0.3 is 6.18 Å². The molecule has 2 atom stereocenters. The smallest absolute Gasteiger partial charge is 0.330 e. The van der Waals surface area contributed by atoms with Crippen LogP contribution in [0.3, 0.4) is 0 Å². The van der Waals surface area contributed by atoms with Crippen molar-refractivity contribution in [3.8, 4) is 0 Å². The summed E-state index contributed by atoms with van der Waals surface area (Å²) in [5, 5.41) is 4.09. The Hall–Kier alpha value is -2.48. The second-order valence-corrected chi connectivity index (χ2v) is 6.00. The molecule has 2 aromatic carbocycles. The van der Waals surface area contributed by atoms with E-state index >= 15 is 0 Å².